The van der Waals surface area contributed by atoms with Crippen LogP contribution in [0.3, 0.4) is 0 Å². The van der Waals surface area contributed by atoms with Crippen molar-refractivity contribution in [1.29, 1.82) is 0 Å². The zero-order chi connectivity index (χ0) is 11.7. The predicted octanol–water partition coefficient (Wildman–Crippen LogP) is 1.92. The Morgan fingerprint density at radius 1 is 1.40 bits per heavy atom. The van der Waals surface area contributed by atoms with Gasteiger partial charge in [-0.15, -0.1) is 0 Å². The van der Waals surface area contributed by atoms with Crippen molar-refractivity contribution in [2.45, 2.75) is 32.7 Å². The second kappa shape index (κ2) is 9.04. The highest BCUT2D eigenvalue weighted by Crippen LogP contribution is 2.05. The number of hydrogen-bond donors (Lipinski definition) is 1. The van der Waals surface area contributed by atoms with Crippen LogP contribution < -0.4 is 5.32 Å². The Labute approximate surface area is 97.3 Å². The van der Waals surface area contributed by atoms with Gasteiger partial charge in [0.2, 0.25) is 0 Å². The van der Waals surface area contributed by atoms with Crippen molar-refractivity contribution < 1.29 is 9.53 Å². The number of hydrogen-bond acceptors (Lipinski definition) is 4. The molecule has 0 rings (SSSR count). The molecule has 0 aliphatic heterocycles. The third-order valence-corrected chi connectivity index (χ3v) is 3.26. The van der Waals surface area contributed by atoms with Crippen molar-refractivity contribution in [3.63, 3.8) is 0 Å². The van der Waals surface area contributed by atoms with Crippen LogP contribution in [0.4, 0.5) is 0 Å². The van der Waals surface area contributed by atoms with Gasteiger partial charge in [0.05, 0.1) is 13.0 Å². The second-order valence-corrected chi connectivity index (χ2v) is 4.74. The lowest BCUT2D eigenvalue weighted by Crippen LogP contribution is -2.37. The fourth-order valence-corrected chi connectivity index (χ4v) is 1.76. The summed E-state index contributed by atoms with van der Waals surface area (Å²) in [6, 6.07) is 0.187. The van der Waals surface area contributed by atoms with E-state index < -0.39 is 0 Å². The number of nitrogens with one attached hydrogen (secondary N) is 1. The van der Waals surface area contributed by atoms with E-state index in [4.69, 9.17) is 4.74 Å². The van der Waals surface area contributed by atoms with Crippen LogP contribution >= 0.6 is 11.8 Å². The van der Waals surface area contributed by atoms with Crippen LogP contribution in [0.25, 0.3) is 0 Å². The first-order valence-electron chi connectivity index (χ1n) is 5.43. The molecule has 0 bridgehead atoms. The fraction of sp³-hybridized carbons (Fsp3) is 0.909. The van der Waals surface area contributed by atoms with Gasteiger partial charge in [0.15, 0.2) is 0 Å². The van der Waals surface area contributed by atoms with E-state index in [0.717, 1.165) is 6.54 Å². The summed E-state index contributed by atoms with van der Waals surface area (Å²) in [6.07, 6.45) is 4.52. The van der Waals surface area contributed by atoms with Crippen LogP contribution in [-0.4, -0.2) is 37.7 Å². The Hall–Kier alpha value is -0.220. The molecule has 0 fully saturated rings. The first-order chi connectivity index (χ1) is 7.13. The lowest BCUT2D eigenvalue weighted by atomic mass is 10.0. The summed E-state index contributed by atoms with van der Waals surface area (Å²) in [4.78, 5) is 11.2. The number of carbonyl (C=O) groups is 1. The number of unbranched alkanes of at least 4 members (excludes halogenated alkanes) is 1. The van der Waals surface area contributed by atoms with Gasteiger partial charge in [-0.05, 0) is 38.3 Å². The molecule has 0 heterocycles. The Kier molecular flexibility index (Phi) is 8.91. The van der Waals surface area contributed by atoms with Gasteiger partial charge in [-0.2, -0.15) is 11.8 Å². The topological polar surface area (TPSA) is 38.3 Å². The molecular formula is C11H23NO2S. The minimum atomic E-state index is -0.140. The van der Waals surface area contributed by atoms with E-state index in [1.165, 1.54) is 25.7 Å². The normalized spacial score (nSPS) is 14.7. The molecule has 2 atom stereocenters. The maximum atomic E-state index is 11.2. The molecule has 2 unspecified atom stereocenters. The van der Waals surface area contributed by atoms with Gasteiger partial charge in [-0.1, -0.05) is 6.92 Å². The Bertz CT molecular complexity index is 176. The van der Waals surface area contributed by atoms with E-state index in [1.54, 1.807) is 0 Å². The van der Waals surface area contributed by atoms with Crippen LogP contribution in [0.2, 0.25) is 0 Å². The van der Waals surface area contributed by atoms with Crippen molar-refractivity contribution in [2.24, 2.45) is 5.92 Å². The first kappa shape index (κ1) is 14.8. The van der Waals surface area contributed by atoms with Gasteiger partial charge in [0, 0.05) is 6.04 Å². The third-order valence-electron chi connectivity index (χ3n) is 2.56. The van der Waals surface area contributed by atoms with Crippen LogP contribution in [0.15, 0.2) is 0 Å². The number of ether oxygens (including phenoxy) is 1. The average molecular weight is 233 g/mol. The summed E-state index contributed by atoms with van der Waals surface area (Å²) in [7, 11) is 1.43. The molecule has 0 saturated heterocycles. The van der Waals surface area contributed by atoms with E-state index in [2.05, 4.69) is 11.6 Å². The number of esters is 1. The molecule has 3 nitrogen and oxygen atoms in total. The lowest BCUT2D eigenvalue weighted by Gasteiger charge is -2.19. The highest BCUT2D eigenvalue weighted by Gasteiger charge is 2.19. The maximum Gasteiger partial charge on any atom is 0.309 e. The zero-order valence-electron chi connectivity index (χ0n) is 10.2. The Morgan fingerprint density at radius 2 is 2.07 bits per heavy atom. The molecule has 0 aliphatic carbocycles. The number of methoxy groups -OCH3 is 1. The molecule has 0 radical (unpaired) electrons. The van der Waals surface area contributed by atoms with Crippen molar-refractivity contribution in [2.75, 3.05) is 25.7 Å². The molecule has 15 heavy (non-hydrogen) atoms. The average Bonchev–Trinajstić information content (AvgIpc) is 2.26. The summed E-state index contributed by atoms with van der Waals surface area (Å²) >= 11 is 1.87. The molecule has 0 amide bonds. The van der Waals surface area contributed by atoms with E-state index >= 15 is 0 Å². The van der Waals surface area contributed by atoms with Crippen LogP contribution in [-0.2, 0) is 9.53 Å². The van der Waals surface area contributed by atoms with Crippen molar-refractivity contribution in [3.8, 4) is 0 Å². The van der Waals surface area contributed by atoms with E-state index in [1.807, 2.05) is 25.6 Å². The van der Waals surface area contributed by atoms with Crippen molar-refractivity contribution in [3.05, 3.63) is 0 Å². The molecule has 0 aromatic carbocycles. The van der Waals surface area contributed by atoms with Gasteiger partial charge in [0.1, 0.15) is 0 Å². The highest BCUT2D eigenvalue weighted by molar-refractivity contribution is 7.98. The first-order valence-corrected chi connectivity index (χ1v) is 6.83. The van der Waals surface area contributed by atoms with Crippen LogP contribution in [0.1, 0.15) is 26.7 Å². The Balaban J connectivity index is 3.55. The summed E-state index contributed by atoms with van der Waals surface area (Å²) in [5.41, 5.74) is 0. The minimum absolute atomic E-state index is 0.0736. The summed E-state index contributed by atoms with van der Waals surface area (Å²) in [6.45, 7) is 4.89. The standard InChI is InChI=1S/C11H23NO2S/c1-9(11(13)14-3)10(2)12-7-5-6-8-15-4/h9-10,12H,5-8H2,1-4H3. The van der Waals surface area contributed by atoms with Gasteiger partial charge < -0.3 is 10.1 Å². The van der Waals surface area contributed by atoms with E-state index in [0.29, 0.717) is 0 Å². The lowest BCUT2D eigenvalue weighted by molar-refractivity contribution is -0.145. The molecule has 0 saturated carbocycles. The molecule has 0 aromatic heterocycles. The van der Waals surface area contributed by atoms with E-state index in [9.17, 15) is 4.79 Å². The smallest absolute Gasteiger partial charge is 0.309 e. The maximum absolute atomic E-state index is 11.2. The molecule has 90 valence electrons. The summed E-state index contributed by atoms with van der Waals surface area (Å²) in [5, 5.41) is 3.35. The molecule has 1 N–H and O–H groups in total. The largest absolute Gasteiger partial charge is 0.469 e. The fourth-order valence-electron chi connectivity index (χ4n) is 1.27. The zero-order valence-corrected chi connectivity index (χ0v) is 11.0. The van der Waals surface area contributed by atoms with Crippen molar-refractivity contribution >= 4 is 17.7 Å². The van der Waals surface area contributed by atoms with Crippen molar-refractivity contribution in [1.82, 2.24) is 5.32 Å². The minimum Gasteiger partial charge on any atom is -0.469 e. The molecular weight excluding hydrogens is 210 g/mol. The van der Waals surface area contributed by atoms with Gasteiger partial charge >= 0.3 is 5.97 Å². The second-order valence-electron chi connectivity index (χ2n) is 3.75. The molecule has 0 aliphatic rings. The number of rotatable bonds is 8. The summed E-state index contributed by atoms with van der Waals surface area (Å²) in [5.74, 6) is 0.998. The van der Waals surface area contributed by atoms with Crippen LogP contribution in [0, 0.1) is 5.92 Å². The molecule has 0 spiro atoms. The van der Waals surface area contributed by atoms with E-state index in [-0.39, 0.29) is 17.9 Å². The molecule has 0 aromatic rings. The highest BCUT2D eigenvalue weighted by atomic mass is 32.2. The molecule has 4 heteroatoms. The third kappa shape index (κ3) is 6.79. The predicted molar refractivity (Wildman–Crippen MR) is 66.3 cm³/mol. The number of thioether (sulfide) groups is 1. The summed E-state index contributed by atoms with van der Waals surface area (Å²) < 4.78 is 4.70. The monoisotopic (exact) mass is 233 g/mol. The van der Waals surface area contributed by atoms with Gasteiger partial charge in [0.25, 0.3) is 0 Å². The number of carbonyl (C=O) groups excluding carboxylic acids is 1. The Morgan fingerprint density at radius 3 is 2.60 bits per heavy atom. The SMILES string of the molecule is COC(=O)C(C)C(C)NCCCCSC. The van der Waals surface area contributed by atoms with Crippen LogP contribution in [0.5, 0.6) is 0 Å². The van der Waals surface area contributed by atoms with Gasteiger partial charge in [-0.3, -0.25) is 4.79 Å². The quantitative estimate of drug-likeness (QED) is 0.513. The van der Waals surface area contributed by atoms with Gasteiger partial charge in [-0.25, -0.2) is 0 Å².